The zero-order chi connectivity index (χ0) is 42.8. The molecule has 3 aromatic carbocycles. The minimum atomic E-state index is -1.03. The Morgan fingerprint density at radius 2 is 1.61 bits per heavy atom. The second-order valence-electron chi connectivity index (χ2n) is 16.4. The number of benzene rings is 3. The van der Waals surface area contributed by atoms with Crippen LogP contribution in [0.3, 0.4) is 0 Å². The fraction of sp³-hybridized carbons (Fsp3) is 0.370. The van der Waals surface area contributed by atoms with Crippen molar-refractivity contribution in [1.82, 2.24) is 29.9 Å². The first-order valence-corrected chi connectivity index (χ1v) is 20.9. The molecular formula is C46H50N8O7. The number of carbonyl (C=O) groups excluding carboxylic acids is 7. The first-order chi connectivity index (χ1) is 29.4. The molecule has 8 rings (SSSR count). The van der Waals surface area contributed by atoms with Crippen LogP contribution in [0.15, 0.2) is 78.9 Å². The number of anilines is 2. The average Bonchev–Trinajstić information content (AvgIpc) is 3.78. The molecule has 1 spiro atoms. The second-order valence-corrected chi connectivity index (χ2v) is 16.4. The Balaban J connectivity index is 0.779. The number of carbonyl (C=O) groups is 7. The van der Waals surface area contributed by atoms with Crippen LogP contribution in [0.25, 0.3) is 0 Å². The molecule has 0 bridgehead atoms. The van der Waals surface area contributed by atoms with E-state index in [1.165, 1.54) is 5.69 Å². The van der Waals surface area contributed by atoms with E-state index < -0.39 is 29.7 Å². The Bertz CT molecular complexity index is 2400. The van der Waals surface area contributed by atoms with Gasteiger partial charge in [-0.15, -0.1) is 0 Å². The minimum absolute atomic E-state index is 0.0133. The Labute approximate surface area is 353 Å². The van der Waals surface area contributed by atoms with Gasteiger partial charge in [0.1, 0.15) is 11.7 Å². The van der Waals surface area contributed by atoms with Crippen LogP contribution in [0, 0.1) is 0 Å². The third kappa shape index (κ3) is 8.17. The molecule has 61 heavy (non-hydrogen) atoms. The van der Waals surface area contributed by atoms with E-state index in [9.17, 15) is 33.6 Å². The summed E-state index contributed by atoms with van der Waals surface area (Å²) < 4.78 is 2.17. The summed E-state index contributed by atoms with van der Waals surface area (Å²) in [6.45, 7) is 3.09. The van der Waals surface area contributed by atoms with Crippen LogP contribution in [0.1, 0.15) is 110 Å². The third-order valence-electron chi connectivity index (χ3n) is 12.4. The summed E-state index contributed by atoms with van der Waals surface area (Å²) >= 11 is 0. The number of nitrogens with one attached hydrogen (secondary N) is 4. The van der Waals surface area contributed by atoms with Crippen LogP contribution in [0.5, 0.6) is 0 Å². The van der Waals surface area contributed by atoms with Crippen LogP contribution >= 0.6 is 0 Å². The molecule has 1 unspecified atom stereocenters. The summed E-state index contributed by atoms with van der Waals surface area (Å²) in [5, 5.41) is 11.4. The van der Waals surface area contributed by atoms with Crippen molar-refractivity contribution in [2.45, 2.75) is 82.6 Å². The SMILES string of the molecule is CN(C)C(=O)c1ccc(CN2CCn3c(C(=O)NCc4ccc(NC(=O)CCCCNc5cccc6c5C(=O)N(C5CCC(=O)NC5=O)C6=O)cc4)ccc3C23CCC3)cc1. The van der Waals surface area contributed by atoms with Crippen molar-refractivity contribution in [3.63, 3.8) is 0 Å². The summed E-state index contributed by atoms with van der Waals surface area (Å²) in [5.41, 5.74) is 5.99. The number of rotatable bonds is 14. The van der Waals surface area contributed by atoms with Gasteiger partial charge in [-0.2, -0.15) is 0 Å². The molecule has 7 amide bonds. The highest BCUT2D eigenvalue weighted by Crippen LogP contribution is 2.49. The first kappa shape index (κ1) is 41.1. The molecule has 1 aromatic heterocycles. The van der Waals surface area contributed by atoms with Gasteiger partial charge in [0.15, 0.2) is 0 Å². The maximum absolute atomic E-state index is 13.5. The zero-order valence-electron chi connectivity index (χ0n) is 34.4. The van der Waals surface area contributed by atoms with Gasteiger partial charge in [0.25, 0.3) is 23.6 Å². The van der Waals surface area contributed by atoms with Crippen LogP contribution in [0.4, 0.5) is 11.4 Å². The molecule has 4 heterocycles. The highest BCUT2D eigenvalue weighted by molar-refractivity contribution is 6.25. The van der Waals surface area contributed by atoms with E-state index in [0.717, 1.165) is 48.4 Å². The topological polar surface area (TPSA) is 182 Å². The van der Waals surface area contributed by atoms with Gasteiger partial charge in [-0.3, -0.25) is 48.7 Å². The number of unbranched alkanes of at least 4 members (excludes halogenated alkanes) is 1. The van der Waals surface area contributed by atoms with Crippen molar-refractivity contribution in [3.8, 4) is 0 Å². The molecule has 4 aromatic rings. The molecule has 4 aliphatic rings. The van der Waals surface area contributed by atoms with Crippen molar-refractivity contribution in [2.75, 3.05) is 37.8 Å². The first-order valence-electron chi connectivity index (χ1n) is 20.9. The Hall–Kier alpha value is -6.61. The summed E-state index contributed by atoms with van der Waals surface area (Å²) in [6.07, 6.45) is 4.81. The predicted molar refractivity (Wildman–Crippen MR) is 227 cm³/mol. The summed E-state index contributed by atoms with van der Waals surface area (Å²) in [7, 11) is 3.50. The molecule has 3 aliphatic heterocycles. The fourth-order valence-corrected chi connectivity index (χ4v) is 8.95. The standard InChI is InChI=1S/C46H50N8O7/c1-51(2)43(59)31-14-10-30(11-15-31)28-52-25-26-53-35(18-20-37(53)46(52)22-6-23-46)41(57)48-27-29-12-16-32(17-13-29)49-38(55)9-3-4-24-47-34-8-5-7-33-40(34)45(61)54(44(33)60)36-19-21-39(56)50-42(36)58/h5,7-8,10-18,20,36,47H,3-4,6,9,19,21-28H2,1-2H3,(H,48,57)(H,49,55)(H,50,56,58). The number of imide groups is 2. The largest absolute Gasteiger partial charge is 0.384 e. The lowest BCUT2D eigenvalue weighted by Crippen LogP contribution is -2.56. The van der Waals surface area contributed by atoms with E-state index >= 15 is 0 Å². The van der Waals surface area contributed by atoms with Gasteiger partial charge in [0.05, 0.1) is 16.7 Å². The molecule has 0 radical (unpaired) electrons. The van der Waals surface area contributed by atoms with E-state index in [1.54, 1.807) is 37.2 Å². The molecule has 4 N–H and O–H groups in total. The lowest BCUT2D eigenvalue weighted by molar-refractivity contribution is -0.136. The van der Waals surface area contributed by atoms with E-state index in [0.29, 0.717) is 55.1 Å². The van der Waals surface area contributed by atoms with E-state index in [1.807, 2.05) is 54.6 Å². The predicted octanol–water partition coefficient (Wildman–Crippen LogP) is 4.64. The van der Waals surface area contributed by atoms with Crippen LogP contribution < -0.4 is 21.3 Å². The fourth-order valence-electron chi connectivity index (χ4n) is 8.95. The monoisotopic (exact) mass is 826 g/mol. The lowest BCUT2D eigenvalue weighted by Gasteiger charge is -2.53. The number of amides is 7. The number of fused-ring (bicyclic) bond motifs is 3. The average molecular weight is 827 g/mol. The van der Waals surface area contributed by atoms with Gasteiger partial charge in [0.2, 0.25) is 17.7 Å². The normalized spacial score (nSPS) is 17.9. The van der Waals surface area contributed by atoms with Crippen molar-refractivity contribution >= 4 is 52.7 Å². The van der Waals surface area contributed by atoms with Crippen molar-refractivity contribution in [3.05, 3.63) is 118 Å². The maximum atomic E-state index is 13.5. The van der Waals surface area contributed by atoms with Crippen LogP contribution in [0.2, 0.25) is 0 Å². The van der Waals surface area contributed by atoms with Gasteiger partial charge in [-0.1, -0.05) is 30.3 Å². The molecule has 316 valence electrons. The molecule has 15 heteroatoms. The van der Waals surface area contributed by atoms with Crippen molar-refractivity contribution < 1.29 is 33.6 Å². The zero-order valence-corrected chi connectivity index (χ0v) is 34.4. The highest BCUT2D eigenvalue weighted by Gasteiger charge is 2.49. The molecule has 1 atom stereocenters. The molecule has 15 nitrogen and oxygen atoms in total. The Kier molecular flexibility index (Phi) is 11.6. The summed E-state index contributed by atoms with van der Waals surface area (Å²) in [5.74, 6) is -2.50. The maximum Gasteiger partial charge on any atom is 0.268 e. The van der Waals surface area contributed by atoms with E-state index in [2.05, 4.69) is 36.8 Å². The van der Waals surface area contributed by atoms with Gasteiger partial charge in [0, 0.05) is 82.3 Å². The number of nitrogens with zero attached hydrogens (tertiary/aromatic N) is 4. The number of hydrogen-bond donors (Lipinski definition) is 4. The number of hydrogen-bond acceptors (Lipinski definition) is 9. The second kappa shape index (κ2) is 17.2. The van der Waals surface area contributed by atoms with Crippen LogP contribution in [-0.4, -0.2) is 93.8 Å². The van der Waals surface area contributed by atoms with E-state index in [4.69, 9.17) is 0 Å². The molecule has 2 fully saturated rings. The van der Waals surface area contributed by atoms with Gasteiger partial charge >= 0.3 is 0 Å². The Morgan fingerprint density at radius 3 is 2.31 bits per heavy atom. The third-order valence-corrected chi connectivity index (χ3v) is 12.4. The van der Waals surface area contributed by atoms with Crippen LogP contribution in [-0.2, 0) is 39.6 Å². The molecular weight excluding hydrogens is 777 g/mol. The number of piperidine rings is 1. The van der Waals surface area contributed by atoms with Gasteiger partial charge in [-0.25, -0.2) is 0 Å². The molecule has 1 saturated carbocycles. The number of aromatic nitrogens is 1. The highest BCUT2D eigenvalue weighted by atomic mass is 16.2. The molecule has 1 saturated heterocycles. The molecule has 1 aliphatic carbocycles. The minimum Gasteiger partial charge on any atom is -0.384 e. The van der Waals surface area contributed by atoms with Crippen molar-refractivity contribution in [1.29, 1.82) is 0 Å². The lowest BCUT2D eigenvalue weighted by atomic mass is 9.71. The Morgan fingerprint density at radius 1 is 0.852 bits per heavy atom. The smallest absolute Gasteiger partial charge is 0.268 e. The van der Waals surface area contributed by atoms with Gasteiger partial charge < -0.3 is 25.4 Å². The summed E-state index contributed by atoms with van der Waals surface area (Å²) in [4.78, 5) is 94.1. The van der Waals surface area contributed by atoms with Gasteiger partial charge in [-0.05, 0) is 98.2 Å². The van der Waals surface area contributed by atoms with E-state index in [-0.39, 0.29) is 53.6 Å². The van der Waals surface area contributed by atoms with Crippen molar-refractivity contribution in [2.24, 2.45) is 0 Å². The quantitative estimate of drug-likeness (QED) is 0.104. The summed E-state index contributed by atoms with van der Waals surface area (Å²) in [6, 6.07) is 23.2.